The van der Waals surface area contributed by atoms with Gasteiger partial charge in [0.15, 0.2) is 6.54 Å². The first kappa shape index (κ1) is 32.6. The molecular weight excluding hydrogens is 641 g/mol. The summed E-state index contributed by atoms with van der Waals surface area (Å²) in [6, 6.07) is 64.3. The maximum atomic E-state index is 3.94. The molecule has 1 aliphatic heterocycles. The number of likely N-dealkylation sites (N-methyl/N-ethyl adjacent to an activating group) is 1. The lowest BCUT2D eigenvalue weighted by molar-refractivity contribution is -0.499. The van der Waals surface area contributed by atoms with Crippen molar-refractivity contribution >= 4 is 11.4 Å². The van der Waals surface area contributed by atoms with E-state index in [2.05, 4.69) is 213 Å². The van der Waals surface area contributed by atoms with Gasteiger partial charge in [0, 0.05) is 22.8 Å². The van der Waals surface area contributed by atoms with Crippen LogP contribution in [-0.2, 0) is 5.41 Å². The lowest BCUT2D eigenvalue weighted by atomic mass is 9.82. The maximum absolute atomic E-state index is 3.94. The zero-order valence-corrected chi connectivity index (χ0v) is 30.6. The standard InChI is InChI=1S/C51H42N2/c1-51(2)45-22-11-10-20-44(45)50-43(21-13-23-46(50)51)42-19-12-18-41(32-42)37-24-28-39(29-25-37)47-33-49(53(3)34-48(52-47)38-16-8-5-9-17-38)40-30-26-36(27-31-40)35-14-6-4-7-15-35/h4-33,48H,34H2,1-3H3/p+1. The zero-order chi connectivity index (χ0) is 35.9. The van der Waals surface area contributed by atoms with E-state index in [1.165, 1.54) is 78.0 Å². The van der Waals surface area contributed by atoms with Gasteiger partial charge in [-0.25, -0.2) is 4.58 Å². The van der Waals surface area contributed by atoms with E-state index in [-0.39, 0.29) is 11.5 Å². The Bertz CT molecular complexity index is 2500. The van der Waals surface area contributed by atoms with Crippen LogP contribution in [-0.4, -0.2) is 23.9 Å². The Labute approximate surface area is 313 Å². The molecule has 256 valence electrons. The fourth-order valence-electron chi connectivity index (χ4n) is 8.41. The summed E-state index contributed by atoms with van der Waals surface area (Å²) >= 11 is 0. The number of allylic oxidation sites excluding steroid dienone is 1. The van der Waals surface area contributed by atoms with Gasteiger partial charge in [-0.05, 0) is 85.0 Å². The lowest BCUT2D eigenvalue weighted by Crippen LogP contribution is -2.27. The van der Waals surface area contributed by atoms with Crippen LogP contribution in [0.15, 0.2) is 182 Å². The van der Waals surface area contributed by atoms with Crippen molar-refractivity contribution < 1.29 is 4.58 Å². The first-order chi connectivity index (χ1) is 25.9. The van der Waals surface area contributed by atoms with Gasteiger partial charge in [-0.2, -0.15) is 0 Å². The van der Waals surface area contributed by atoms with E-state index in [1.54, 1.807) is 0 Å². The van der Waals surface area contributed by atoms with Crippen molar-refractivity contribution in [3.05, 3.63) is 210 Å². The van der Waals surface area contributed by atoms with Crippen LogP contribution >= 0.6 is 0 Å². The van der Waals surface area contributed by atoms with Crippen LogP contribution in [0, 0.1) is 0 Å². The monoisotopic (exact) mass is 683 g/mol. The van der Waals surface area contributed by atoms with Crippen molar-refractivity contribution in [1.82, 2.24) is 5.32 Å². The van der Waals surface area contributed by atoms with Crippen molar-refractivity contribution in [3.8, 4) is 44.5 Å². The molecule has 1 N–H and O–H groups in total. The first-order valence-corrected chi connectivity index (χ1v) is 18.7. The molecule has 1 atom stereocenters. The van der Waals surface area contributed by atoms with E-state index >= 15 is 0 Å². The number of hydrogen-bond donors (Lipinski definition) is 1. The summed E-state index contributed by atoms with van der Waals surface area (Å²) in [5.74, 6) is 0. The highest BCUT2D eigenvalue weighted by atomic mass is 15.1. The molecule has 1 heterocycles. The molecule has 53 heavy (non-hydrogen) atoms. The van der Waals surface area contributed by atoms with Gasteiger partial charge in [-0.1, -0.05) is 172 Å². The highest BCUT2D eigenvalue weighted by Gasteiger charge is 2.36. The third-order valence-electron chi connectivity index (χ3n) is 11.3. The number of rotatable bonds is 6. The average molecular weight is 684 g/mol. The van der Waals surface area contributed by atoms with Gasteiger partial charge < -0.3 is 5.32 Å². The number of benzene rings is 7. The minimum absolute atomic E-state index is 0.0205. The summed E-state index contributed by atoms with van der Waals surface area (Å²) in [5, 5.41) is 3.94. The molecule has 0 radical (unpaired) electrons. The van der Waals surface area contributed by atoms with Crippen LogP contribution in [0.3, 0.4) is 0 Å². The second kappa shape index (κ2) is 13.4. The topological polar surface area (TPSA) is 15.0 Å². The lowest BCUT2D eigenvalue weighted by Gasteiger charge is -2.21. The SMILES string of the molecule is C[N+]1=C(c2ccc(-c3ccccc3)cc2)C=C(c2ccc(-c3cccc(-c4cccc5c4-c4ccccc4C5(C)C)c3)cc2)NC(c2ccccc2)C1. The maximum Gasteiger partial charge on any atom is 0.209 e. The predicted octanol–water partition coefficient (Wildman–Crippen LogP) is 11.8. The van der Waals surface area contributed by atoms with Gasteiger partial charge in [-0.15, -0.1) is 0 Å². The molecular formula is C51H43N2+. The minimum Gasteiger partial charge on any atom is -0.372 e. The van der Waals surface area contributed by atoms with Crippen molar-refractivity contribution in [2.45, 2.75) is 25.3 Å². The normalized spacial score (nSPS) is 15.9. The fourth-order valence-corrected chi connectivity index (χ4v) is 8.41. The summed E-state index contributed by atoms with van der Waals surface area (Å²) < 4.78 is 2.38. The third-order valence-corrected chi connectivity index (χ3v) is 11.3. The summed E-state index contributed by atoms with van der Waals surface area (Å²) in [6.07, 6.45) is 2.32. The van der Waals surface area contributed by atoms with E-state index < -0.39 is 0 Å². The van der Waals surface area contributed by atoms with Crippen LogP contribution in [0.25, 0.3) is 50.2 Å². The Kier molecular flexibility index (Phi) is 8.24. The smallest absolute Gasteiger partial charge is 0.209 e. The quantitative estimate of drug-likeness (QED) is 0.172. The molecule has 2 nitrogen and oxygen atoms in total. The van der Waals surface area contributed by atoms with Crippen LogP contribution in [0.1, 0.15) is 47.7 Å². The van der Waals surface area contributed by atoms with Gasteiger partial charge in [0.2, 0.25) is 5.71 Å². The number of nitrogens with zero attached hydrogens (tertiary/aromatic N) is 1. The highest BCUT2D eigenvalue weighted by molar-refractivity contribution is 6.09. The highest BCUT2D eigenvalue weighted by Crippen LogP contribution is 2.52. The molecule has 1 aliphatic carbocycles. The second-order valence-corrected chi connectivity index (χ2v) is 14.9. The van der Waals surface area contributed by atoms with Gasteiger partial charge in [0.05, 0.1) is 0 Å². The molecule has 0 saturated carbocycles. The van der Waals surface area contributed by atoms with Gasteiger partial charge >= 0.3 is 0 Å². The molecule has 0 saturated heterocycles. The Balaban J connectivity index is 1.06. The molecule has 0 fully saturated rings. The molecule has 0 bridgehead atoms. The van der Waals surface area contributed by atoms with E-state index in [0.29, 0.717) is 0 Å². The molecule has 0 aromatic heterocycles. The van der Waals surface area contributed by atoms with Crippen molar-refractivity contribution in [2.75, 3.05) is 13.6 Å². The minimum atomic E-state index is -0.0205. The molecule has 1 unspecified atom stereocenters. The third kappa shape index (κ3) is 6.01. The van der Waals surface area contributed by atoms with Crippen LogP contribution in [0.5, 0.6) is 0 Å². The first-order valence-electron chi connectivity index (χ1n) is 18.7. The molecule has 2 aliphatic rings. The van der Waals surface area contributed by atoms with Gasteiger partial charge in [0.25, 0.3) is 0 Å². The molecule has 0 spiro atoms. The Morgan fingerprint density at radius 2 is 1.02 bits per heavy atom. The Hall–Kier alpha value is -6.25. The summed E-state index contributed by atoms with van der Waals surface area (Å²) in [7, 11) is 2.20. The Morgan fingerprint density at radius 3 is 1.77 bits per heavy atom. The summed E-state index contributed by atoms with van der Waals surface area (Å²) in [6.45, 7) is 5.54. The van der Waals surface area contributed by atoms with Crippen LogP contribution in [0.4, 0.5) is 0 Å². The van der Waals surface area contributed by atoms with Gasteiger partial charge in [-0.3, -0.25) is 0 Å². The largest absolute Gasteiger partial charge is 0.372 e. The van der Waals surface area contributed by atoms with Crippen LogP contribution < -0.4 is 5.32 Å². The van der Waals surface area contributed by atoms with E-state index in [0.717, 1.165) is 12.2 Å². The number of fused-ring (bicyclic) bond motifs is 3. The number of nitrogens with one attached hydrogen (secondary N) is 1. The van der Waals surface area contributed by atoms with Crippen molar-refractivity contribution in [3.63, 3.8) is 0 Å². The van der Waals surface area contributed by atoms with Crippen molar-refractivity contribution in [1.29, 1.82) is 0 Å². The van der Waals surface area contributed by atoms with Gasteiger partial charge in [0.1, 0.15) is 13.1 Å². The summed E-state index contributed by atoms with van der Waals surface area (Å²) in [4.78, 5) is 0. The molecule has 7 aromatic rings. The molecule has 0 amide bonds. The van der Waals surface area contributed by atoms with Crippen LogP contribution in [0.2, 0.25) is 0 Å². The average Bonchev–Trinajstić information content (AvgIpc) is 3.32. The molecule has 2 heteroatoms. The fraction of sp³-hybridized carbons (Fsp3) is 0.118. The van der Waals surface area contributed by atoms with E-state index in [1.807, 2.05) is 0 Å². The van der Waals surface area contributed by atoms with Crippen molar-refractivity contribution in [2.24, 2.45) is 0 Å². The number of hydrogen-bond acceptors (Lipinski definition) is 1. The Morgan fingerprint density at radius 1 is 0.491 bits per heavy atom. The molecule has 9 rings (SSSR count). The second-order valence-electron chi connectivity index (χ2n) is 14.9. The summed E-state index contributed by atoms with van der Waals surface area (Å²) in [5.41, 5.74) is 18.9. The predicted molar refractivity (Wildman–Crippen MR) is 222 cm³/mol. The van der Waals surface area contributed by atoms with E-state index in [4.69, 9.17) is 0 Å². The molecule has 7 aromatic carbocycles. The van der Waals surface area contributed by atoms with E-state index in [9.17, 15) is 0 Å². The zero-order valence-electron chi connectivity index (χ0n) is 30.6.